The van der Waals surface area contributed by atoms with Crippen LogP contribution in [0.15, 0.2) is 52.8 Å². The van der Waals surface area contributed by atoms with Gasteiger partial charge in [-0.15, -0.1) is 0 Å². The topological polar surface area (TPSA) is 110 Å². The Kier molecular flexibility index (Phi) is 9.83. The standard InChI is InChI=1S/C31H35FN4O5/c1-18-11-12-26(25(32)15-18)34-29(19(2)17-37)28-30(41-7)27(23-9-8-10-24(16-23)33-21(4)38)20(3)36(31(28)40)14-13-35(6)22(5)39/h8-12,15-17,34H,13-14H2,1-7H3,(H,33,38)/b29-19+. The smallest absolute Gasteiger partial charge is 0.264 e. The van der Waals surface area contributed by atoms with Gasteiger partial charge in [0.25, 0.3) is 5.56 Å². The van der Waals surface area contributed by atoms with Gasteiger partial charge < -0.3 is 24.8 Å². The molecular weight excluding hydrogens is 527 g/mol. The number of ether oxygens (including phenoxy) is 1. The van der Waals surface area contributed by atoms with Crippen LogP contribution in [0, 0.1) is 19.7 Å². The van der Waals surface area contributed by atoms with Gasteiger partial charge in [0, 0.05) is 56.5 Å². The lowest BCUT2D eigenvalue weighted by molar-refractivity contribution is -0.127. The Morgan fingerprint density at radius 1 is 1.07 bits per heavy atom. The summed E-state index contributed by atoms with van der Waals surface area (Å²) < 4.78 is 22.3. The molecule has 2 N–H and O–H groups in total. The lowest BCUT2D eigenvalue weighted by Gasteiger charge is -2.25. The molecule has 0 spiro atoms. The maximum atomic E-state index is 14.9. The molecule has 9 nitrogen and oxygen atoms in total. The van der Waals surface area contributed by atoms with E-state index in [1.807, 2.05) is 0 Å². The van der Waals surface area contributed by atoms with E-state index >= 15 is 0 Å². The summed E-state index contributed by atoms with van der Waals surface area (Å²) in [5.74, 6) is -0.805. The number of allylic oxidation sites excluding steroid dienone is 1. The molecule has 0 unspecified atom stereocenters. The molecule has 1 heterocycles. The minimum absolute atomic E-state index is 0.0214. The quantitative estimate of drug-likeness (QED) is 0.273. The van der Waals surface area contributed by atoms with Gasteiger partial charge in [0.2, 0.25) is 11.8 Å². The van der Waals surface area contributed by atoms with Crippen molar-refractivity contribution in [2.45, 2.75) is 41.2 Å². The number of pyridine rings is 1. The van der Waals surface area contributed by atoms with Crippen molar-refractivity contribution in [2.24, 2.45) is 0 Å². The van der Waals surface area contributed by atoms with Crippen molar-refractivity contribution in [1.29, 1.82) is 0 Å². The number of carbonyl (C=O) groups excluding carboxylic acids is 3. The van der Waals surface area contributed by atoms with E-state index in [4.69, 9.17) is 4.74 Å². The first-order chi connectivity index (χ1) is 19.4. The monoisotopic (exact) mass is 562 g/mol. The molecule has 3 rings (SSSR count). The zero-order valence-corrected chi connectivity index (χ0v) is 24.3. The SMILES string of the molecule is COc1c(-c2cccc(NC(C)=O)c2)c(C)n(CCN(C)C(C)=O)c(=O)c1/C(Nc1ccc(C)cc1F)=C(/C)C=O. The second kappa shape index (κ2) is 13.1. The minimum Gasteiger partial charge on any atom is -0.495 e. The van der Waals surface area contributed by atoms with Crippen LogP contribution in [0.2, 0.25) is 0 Å². The zero-order chi connectivity index (χ0) is 30.4. The number of halogens is 1. The van der Waals surface area contributed by atoms with E-state index in [0.717, 1.165) is 0 Å². The van der Waals surface area contributed by atoms with Crippen LogP contribution in [-0.2, 0) is 20.9 Å². The molecule has 10 heteroatoms. The summed E-state index contributed by atoms with van der Waals surface area (Å²) in [7, 11) is 3.04. The number of amides is 2. The van der Waals surface area contributed by atoms with Crippen LogP contribution in [0.1, 0.15) is 37.6 Å². The molecule has 1 aromatic heterocycles. The van der Waals surface area contributed by atoms with Gasteiger partial charge >= 0.3 is 0 Å². The third-order valence-corrected chi connectivity index (χ3v) is 6.76. The average molecular weight is 563 g/mol. The number of benzene rings is 2. The predicted molar refractivity (Wildman–Crippen MR) is 158 cm³/mol. The number of methoxy groups -OCH3 is 1. The summed E-state index contributed by atoms with van der Waals surface area (Å²) in [6.45, 7) is 8.23. The normalized spacial score (nSPS) is 11.4. The van der Waals surface area contributed by atoms with Gasteiger partial charge in [-0.1, -0.05) is 18.2 Å². The van der Waals surface area contributed by atoms with Crippen molar-refractivity contribution in [2.75, 3.05) is 31.3 Å². The minimum atomic E-state index is -0.557. The van der Waals surface area contributed by atoms with E-state index in [1.54, 1.807) is 51.2 Å². The van der Waals surface area contributed by atoms with Gasteiger partial charge in [0.05, 0.1) is 18.5 Å². The Hall–Kier alpha value is -4.73. The summed E-state index contributed by atoms with van der Waals surface area (Å²) in [6, 6.07) is 11.6. The summed E-state index contributed by atoms with van der Waals surface area (Å²) >= 11 is 0. The second-order valence-electron chi connectivity index (χ2n) is 9.81. The molecule has 0 fully saturated rings. The highest BCUT2D eigenvalue weighted by atomic mass is 19.1. The number of nitrogens with zero attached hydrogens (tertiary/aromatic N) is 2. The number of likely N-dealkylation sites (N-methyl/N-ethyl adjacent to an activating group) is 1. The highest BCUT2D eigenvalue weighted by molar-refractivity contribution is 5.96. The van der Waals surface area contributed by atoms with Crippen LogP contribution in [0.5, 0.6) is 5.75 Å². The fraction of sp³-hybridized carbons (Fsp3) is 0.290. The molecule has 41 heavy (non-hydrogen) atoms. The van der Waals surface area contributed by atoms with Gasteiger partial charge in [-0.25, -0.2) is 4.39 Å². The average Bonchev–Trinajstić information content (AvgIpc) is 2.91. The van der Waals surface area contributed by atoms with Gasteiger partial charge in [0.15, 0.2) is 0 Å². The molecule has 0 saturated carbocycles. The number of hydrogen-bond donors (Lipinski definition) is 2. The van der Waals surface area contributed by atoms with Crippen LogP contribution in [0.25, 0.3) is 16.8 Å². The highest BCUT2D eigenvalue weighted by Gasteiger charge is 2.26. The summed E-state index contributed by atoms with van der Waals surface area (Å²) in [4.78, 5) is 51.4. The number of aryl methyl sites for hydroxylation is 1. The van der Waals surface area contributed by atoms with Crippen molar-refractivity contribution in [3.63, 3.8) is 0 Å². The Morgan fingerprint density at radius 3 is 2.37 bits per heavy atom. The third-order valence-electron chi connectivity index (χ3n) is 6.76. The number of carbonyl (C=O) groups is 3. The molecule has 0 aliphatic rings. The van der Waals surface area contributed by atoms with Crippen LogP contribution in [-0.4, -0.2) is 48.3 Å². The fourth-order valence-corrected chi connectivity index (χ4v) is 4.48. The fourth-order valence-electron chi connectivity index (χ4n) is 4.48. The predicted octanol–water partition coefficient (Wildman–Crippen LogP) is 4.76. The molecule has 0 atom stereocenters. The molecule has 3 aromatic rings. The van der Waals surface area contributed by atoms with Crippen LogP contribution < -0.4 is 20.9 Å². The highest BCUT2D eigenvalue weighted by Crippen LogP contribution is 2.39. The van der Waals surface area contributed by atoms with Crippen LogP contribution in [0.4, 0.5) is 15.8 Å². The first kappa shape index (κ1) is 30.8. The molecule has 2 amide bonds. The van der Waals surface area contributed by atoms with Gasteiger partial charge in [-0.05, 0) is 56.2 Å². The molecule has 0 aliphatic heterocycles. The Bertz CT molecular complexity index is 1590. The second-order valence-corrected chi connectivity index (χ2v) is 9.81. The lowest BCUT2D eigenvalue weighted by Crippen LogP contribution is -2.34. The molecule has 0 radical (unpaired) electrons. The van der Waals surface area contributed by atoms with E-state index in [9.17, 15) is 23.6 Å². The van der Waals surface area contributed by atoms with Crippen LogP contribution in [0.3, 0.4) is 0 Å². The van der Waals surface area contributed by atoms with Crippen molar-refractivity contribution in [1.82, 2.24) is 9.47 Å². The Balaban J connectivity index is 2.40. The molecule has 2 aromatic carbocycles. The van der Waals surface area contributed by atoms with Gasteiger partial charge in [-0.3, -0.25) is 19.2 Å². The number of aromatic nitrogens is 1. The number of rotatable bonds is 10. The van der Waals surface area contributed by atoms with E-state index in [0.29, 0.717) is 34.4 Å². The van der Waals surface area contributed by atoms with Crippen LogP contribution >= 0.6 is 0 Å². The maximum Gasteiger partial charge on any atom is 0.264 e. The zero-order valence-electron chi connectivity index (χ0n) is 24.3. The van der Waals surface area contributed by atoms with E-state index in [1.165, 1.54) is 49.5 Å². The first-order valence-corrected chi connectivity index (χ1v) is 13.0. The van der Waals surface area contributed by atoms with Gasteiger partial charge in [-0.2, -0.15) is 0 Å². The molecular formula is C31H35FN4O5. The Morgan fingerprint density at radius 2 is 1.78 bits per heavy atom. The molecule has 0 bridgehead atoms. The summed E-state index contributed by atoms with van der Waals surface area (Å²) in [6.07, 6.45) is 0.581. The number of hydrogen-bond acceptors (Lipinski definition) is 6. The van der Waals surface area contributed by atoms with Gasteiger partial charge in [0.1, 0.15) is 23.4 Å². The van der Waals surface area contributed by atoms with E-state index in [-0.39, 0.29) is 53.2 Å². The van der Waals surface area contributed by atoms with Crippen molar-refractivity contribution in [3.05, 3.63) is 81.0 Å². The number of aldehydes is 1. The van der Waals surface area contributed by atoms with E-state index in [2.05, 4.69) is 10.6 Å². The number of anilines is 2. The summed E-state index contributed by atoms with van der Waals surface area (Å²) in [5, 5.41) is 5.72. The lowest BCUT2D eigenvalue weighted by atomic mass is 9.96. The van der Waals surface area contributed by atoms with Crippen molar-refractivity contribution < 1.29 is 23.5 Å². The molecule has 0 saturated heterocycles. The Labute approximate surface area is 238 Å². The van der Waals surface area contributed by atoms with Crippen molar-refractivity contribution in [3.8, 4) is 16.9 Å². The van der Waals surface area contributed by atoms with Crippen molar-refractivity contribution >= 4 is 35.2 Å². The van der Waals surface area contributed by atoms with E-state index < -0.39 is 11.4 Å². The molecule has 216 valence electrons. The maximum absolute atomic E-state index is 14.9. The number of nitrogens with one attached hydrogen (secondary N) is 2. The summed E-state index contributed by atoms with van der Waals surface area (Å²) in [5.41, 5.74) is 2.77. The first-order valence-electron chi connectivity index (χ1n) is 13.0. The third kappa shape index (κ3) is 6.89. The molecule has 0 aliphatic carbocycles. The largest absolute Gasteiger partial charge is 0.495 e.